The van der Waals surface area contributed by atoms with Gasteiger partial charge >= 0.3 is 0 Å². The third-order valence-electron chi connectivity index (χ3n) is 3.40. The van der Waals surface area contributed by atoms with Crippen molar-refractivity contribution in [3.8, 4) is 11.4 Å². The highest BCUT2D eigenvalue weighted by Crippen LogP contribution is 2.31. The van der Waals surface area contributed by atoms with Crippen LogP contribution in [0.2, 0.25) is 5.15 Å². The van der Waals surface area contributed by atoms with Crippen LogP contribution in [0.5, 0.6) is 0 Å². The Balaban J connectivity index is 1.55. The lowest BCUT2D eigenvalue weighted by Gasteiger charge is -2.03. The van der Waals surface area contributed by atoms with Crippen molar-refractivity contribution in [3.63, 3.8) is 0 Å². The van der Waals surface area contributed by atoms with Gasteiger partial charge in [-0.25, -0.2) is 23.7 Å². The maximum absolute atomic E-state index is 13.4. The Kier molecular flexibility index (Phi) is 5.56. The van der Waals surface area contributed by atoms with Crippen LogP contribution in [-0.2, 0) is 0 Å². The van der Waals surface area contributed by atoms with Gasteiger partial charge in [-0.3, -0.25) is 5.10 Å². The van der Waals surface area contributed by atoms with Crippen LogP contribution in [0.4, 0.5) is 8.78 Å². The van der Waals surface area contributed by atoms with Crippen LogP contribution in [0, 0.1) is 11.6 Å². The third kappa shape index (κ3) is 4.67. The van der Waals surface area contributed by atoms with Crippen molar-refractivity contribution in [2.75, 3.05) is 0 Å². The Hall–Kier alpha value is -2.49. The fraction of sp³-hybridized carbons (Fsp3) is 0. The number of hydrogen-bond acceptors (Lipinski definition) is 6. The van der Waals surface area contributed by atoms with Crippen LogP contribution in [0.3, 0.4) is 0 Å². The molecule has 0 radical (unpaired) electrons. The van der Waals surface area contributed by atoms with Crippen LogP contribution >= 0.6 is 35.1 Å². The van der Waals surface area contributed by atoms with Crippen molar-refractivity contribution in [2.45, 2.75) is 20.2 Å². The SMILES string of the molecule is Fc1cc(F)cc(-c2nc(Sc3cc(Cl)nc(Sc4ccccc4)n3)n[nH]2)c1. The minimum atomic E-state index is -0.689. The number of halogens is 3. The van der Waals surface area contributed by atoms with Gasteiger partial charge in [-0.05, 0) is 47.8 Å². The van der Waals surface area contributed by atoms with Gasteiger partial charge in [-0.1, -0.05) is 29.8 Å². The first-order valence-corrected chi connectivity index (χ1v) is 9.90. The summed E-state index contributed by atoms with van der Waals surface area (Å²) in [5.41, 5.74) is 0.262. The van der Waals surface area contributed by atoms with Crippen molar-refractivity contribution in [1.29, 1.82) is 0 Å². The van der Waals surface area contributed by atoms with Crippen molar-refractivity contribution in [3.05, 3.63) is 71.4 Å². The van der Waals surface area contributed by atoms with Gasteiger partial charge < -0.3 is 0 Å². The number of aromatic amines is 1. The summed E-state index contributed by atoms with van der Waals surface area (Å²) in [6, 6.07) is 14.4. The first-order valence-electron chi connectivity index (χ1n) is 7.89. The number of H-pyrrole nitrogens is 1. The number of nitrogens with zero attached hydrogens (tertiary/aromatic N) is 4. The summed E-state index contributed by atoms with van der Waals surface area (Å²) in [6.07, 6.45) is 0. The average Bonchev–Trinajstić information content (AvgIpc) is 3.10. The quantitative estimate of drug-likeness (QED) is 0.331. The molecule has 2 heterocycles. The van der Waals surface area contributed by atoms with E-state index >= 15 is 0 Å². The average molecular weight is 434 g/mol. The molecular formula is C18H10ClF2N5S2. The molecule has 0 spiro atoms. The lowest BCUT2D eigenvalue weighted by Crippen LogP contribution is -1.90. The zero-order chi connectivity index (χ0) is 19.5. The molecule has 0 fully saturated rings. The summed E-state index contributed by atoms with van der Waals surface area (Å²) in [6.45, 7) is 0. The van der Waals surface area contributed by atoms with E-state index in [4.69, 9.17) is 11.6 Å². The molecule has 4 rings (SSSR count). The van der Waals surface area contributed by atoms with Crippen molar-refractivity contribution < 1.29 is 8.78 Å². The van der Waals surface area contributed by atoms with Crippen molar-refractivity contribution >= 4 is 35.1 Å². The molecule has 2 aromatic heterocycles. The van der Waals surface area contributed by atoms with Crippen LogP contribution in [0.25, 0.3) is 11.4 Å². The summed E-state index contributed by atoms with van der Waals surface area (Å²) >= 11 is 8.65. The zero-order valence-corrected chi connectivity index (χ0v) is 16.3. The van der Waals surface area contributed by atoms with Crippen molar-refractivity contribution in [1.82, 2.24) is 25.1 Å². The number of nitrogens with one attached hydrogen (secondary N) is 1. The molecule has 140 valence electrons. The summed E-state index contributed by atoms with van der Waals surface area (Å²) in [5, 5.41) is 8.40. The minimum Gasteiger partial charge on any atom is -0.258 e. The molecule has 2 aromatic carbocycles. The predicted octanol–water partition coefficient (Wildman–Crippen LogP) is 5.50. The molecule has 5 nitrogen and oxygen atoms in total. The van der Waals surface area contributed by atoms with Gasteiger partial charge in [0.15, 0.2) is 11.0 Å². The van der Waals surface area contributed by atoms with Crippen LogP contribution in [0.15, 0.2) is 74.8 Å². The van der Waals surface area contributed by atoms with E-state index in [1.54, 1.807) is 6.07 Å². The largest absolute Gasteiger partial charge is 0.258 e. The molecule has 4 aromatic rings. The molecule has 0 aliphatic rings. The standard InChI is InChI=1S/C18H10ClF2N5S2/c19-14-9-15(23-17(22-14)27-13-4-2-1-3-5-13)28-18-24-16(25-26-18)10-6-11(20)8-12(21)7-10/h1-9H,(H,24,25,26). The van der Waals surface area contributed by atoms with Crippen molar-refractivity contribution in [2.24, 2.45) is 0 Å². The van der Waals surface area contributed by atoms with E-state index in [0.717, 1.165) is 22.7 Å². The van der Waals surface area contributed by atoms with Crippen LogP contribution in [0.1, 0.15) is 0 Å². The Morgan fingerprint density at radius 1 is 0.821 bits per heavy atom. The van der Waals surface area contributed by atoms with E-state index in [2.05, 4.69) is 25.1 Å². The number of rotatable bonds is 5. The lowest BCUT2D eigenvalue weighted by molar-refractivity contribution is 0.584. The molecule has 10 heteroatoms. The second-order valence-electron chi connectivity index (χ2n) is 5.45. The third-order valence-corrected chi connectivity index (χ3v) is 5.25. The zero-order valence-electron chi connectivity index (χ0n) is 13.9. The molecule has 0 bridgehead atoms. The molecule has 1 N–H and O–H groups in total. The van der Waals surface area contributed by atoms with Crippen LogP contribution < -0.4 is 0 Å². The summed E-state index contributed by atoms with van der Waals surface area (Å²) in [4.78, 5) is 13.9. The first kappa shape index (κ1) is 18.9. The Bertz CT molecular complexity index is 1100. The number of hydrogen-bond donors (Lipinski definition) is 1. The molecule has 0 aliphatic carbocycles. The Morgan fingerprint density at radius 2 is 1.57 bits per heavy atom. The van der Waals surface area contributed by atoms with E-state index in [-0.39, 0.29) is 11.4 Å². The fourth-order valence-electron chi connectivity index (χ4n) is 2.27. The van der Waals surface area contributed by atoms with E-state index in [0.29, 0.717) is 20.5 Å². The van der Waals surface area contributed by atoms with Gasteiger partial charge in [0.05, 0.1) is 0 Å². The maximum Gasteiger partial charge on any atom is 0.215 e. The summed E-state index contributed by atoms with van der Waals surface area (Å²) in [5.74, 6) is -1.13. The topological polar surface area (TPSA) is 67.3 Å². The van der Waals surface area contributed by atoms with Gasteiger partial charge in [0.2, 0.25) is 5.16 Å². The fourth-order valence-corrected chi connectivity index (χ4v) is 4.14. The molecular weight excluding hydrogens is 424 g/mol. The highest BCUT2D eigenvalue weighted by atomic mass is 35.5. The molecule has 0 aliphatic heterocycles. The normalized spacial score (nSPS) is 11.0. The molecule has 28 heavy (non-hydrogen) atoms. The van der Waals surface area contributed by atoms with E-state index < -0.39 is 11.6 Å². The van der Waals surface area contributed by atoms with E-state index in [9.17, 15) is 8.78 Å². The van der Waals surface area contributed by atoms with Gasteiger partial charge in [-0.2, -0.15) is 0 Å². The summed E-state index contributed by atoms with van der Waals surface area (Å²) in [7, 11) is 0. The van der Waals surface area contributed by atoms with Crippen LogP contribution in [-0.4, -0.2) is 25.1 Å². The second-order valence-corrected chi connectivity index (χ2v) is 7.87. The smallest absolute Gasteiger partial charge is 0.215 e. The highest BCUT2D eigenvalue weighted by molar-refractivity contribution is 7.99. The maximum atomic E-state index is 13.4. The predicted molar refractivity (Wildman–Crippen MR) is 103 cm³/mol. The first-order chi connectivity index (χ1) is 13.5. The second kappa shape index (κ2) is 8.26. The molecule has 0 amide bonds. The summed E-state index contributed by atoms with van der Waals surface area (Å²) < 4.78 is 26.8. The van der Waals surface area contributed by atoms with E-state index in [1.165, 1.54) is 23.9 Å². The Morgan fingerprint density at radius 3 is 2.32 bits per heavy atom. The number of aromatic nitrogens is 5. The molecule has 0 saturated heterocycles. The van der Waals surface area contributed by atoms with Gasteiger partial charge in [0.1, 0.15) is 21.8 Å². The highest BCUT2D eigenvalue weighted by Gasteiger charge is 2.12. The molecule has 0 unspecified atom stereocenters. The van der Waals surface area contributed by atoms with Gasteiger partial charge in [0.25, 0.3) is 0 Å². The number of benzene rings is 2. The molecule has 0 atom stereocenters. The van der Waals surface area contributed by atoms with Gasteiger partial charge in [-0.15, -0.1) is 5.10 Å². The minimum absolute atomic E-state index is 0.250. The van der Waals surface area contributed by atoms with Gasteiger partial charge in [0, 0.05) is 22.6 Å². The monoisotopic (exact) mass is 433 g/mol. The Labute approximate surface area is 172 Å². The lowest BCUT2D eigenvalue weighted by atomic mass is 10.2. The van der Waals surface area contributed by atoms with E-state index in [1.807, 2.05) is 30.3 Å². The molecule has 0 saturated carbocycles.